The number of carbonyl (C=O) groups excluding carboxylic acids is 3. The van der Waals surface area contributed by atoms with Gasteiger partial charge in [0.1, 0.15) is 23.8 Å². The second kappa shape index (κ2) is 14.2. The van der Waals surface area contributed by atoms with Crippen molar-refractivity contribution >= 4 is 18.1 Å². The molecule has 4 heterocycles. The van der Waals surface area contributed by atoms with E-state index in [9.17, 15) is 19.6 Å². The molecular formula is C36H47N5O6. The van der Waals surface area contributed by atoms with Gasteiger partial charge in [-0.15, -0.1) is 0 Å². The fourth-order valence-corrected chi connectivity index (χ4v) is 6.59. The van der Waals surface area contributed by atoms with Crippen molar-refractivity contribution in [1.29, 1.82) is 5.26 Å². The van der Waals surface area contributed by atoms with Gasteiger partial charge in [-0.3, -0.25) is 9.69 Å². The molecule has 2 aromatic rings. The predicted octanol–water partition coefficient (Wildman–Crippen LogP) is 5.95. The number of amides is 3. The molecule has 0 radical (unpaired) electrons. The van der Waals surface area contributed by atoms with Crippen LogP contribution in [0.3, 0.4) is 0 Å². The summed E-state index contributed by atoms with van der Waals surface area (Å²) in [5.74, 6) is 0.638. The lowest BCUT2D eigenvalue weighted by molar-refractivity contribution is -0.137. The first-order valence-corrected chi connectivity index (χ1v) is 16.7. The van der Waals surface area contributed by atoms with Gasteiger partial charge in [0.25, 0.3) is 0 Å². The number of nitrogens with zero attached hydrogens (tertiary/aromatic N) is 5. The van der Waals surface area contributed by atoms with E-state index < -0.39 is 23.8 Å². The first-order valence-electron chi connectivity index (χ1n) is 16.7. The maximum Gasteiger partial charge on any atom is 0.411 e. The Morgan fingerprint density at radius 1 is 0.936 bits per heavy atom. The fraction of sp³-hybridized carbons (Fsp3) is 0.583. The highest BCUT2D eigenvalue weighted by atomic mass is 16.6. The minimum absolute atomic E-state index is 0.0566. The summed E-state index contributed by atoms with van der Waals surface area (Å²) in [6, 6.07) is 10.9. The molecule has 3 aliphatic heterocycles. The monoisotopic (exact) mass is 645 g/mol. The molecule has 11 nitrogen and oxygen atoms in total. The van der Waals surface area contributed by atoms with Gasteiger partial charge in [-0.05, 0) is 102 Å². The van der Waals surface area contributed by atoms with Crippen LogP contribution < -0.4 is 4.74 Å². The van der Waals surface area contributed by atoms with Crippen molar-refractivity contribution in [1.82, 2.24) is 19.7 Å². The van der Waals surface area contributed by atoms with Crippen LogP contribution in [0.2, 0.25) is 0 Å². The molecule has 252 valence electrons. The smallest absolute Gasteiger partial charge is 0.411 e. The molecule has 0 spiro atoms. The van der Waals surface area contributed by atoms with Crippen LogP contribution in [0.25, 0.3) is 11.1 Å². The lowest BCUT2D eigenvalue weighted by Crippen LogP contribution is -2.55. The summed E-state index contributed by atoms with van der Waals surface area (Å²) in [6.45, 7) is 13.2. The highest BCUT2D eigenvalue weighted by molar-refractivity contribution is 5.87. The van der Waals surface area contributed by atoms with Gasteiger partial charge in [0.05, 0.1) is 18.7 Å². The molecule has 11 heteroatoms. The van der Waals surface area contributed by atoms with Crippen LogP contribution in [0.1, 0.15) is 78.4 Å². The average molecular weight is 646 g/mol. The molecule has 0 aliphatic carbocycles. The number of ether oxygens (including phenoxy) is 3. The van der Waals surface area contributed by atoms with Crippen molar-refractivity contribution in [2.45, 2.75) is 110 Å². The number of piperidine rings is 1. The number of pyridine rings is 1. The Bertz CT molecular complexity index is 1490. The van der Waals surface area contributed by atoms with Gasteiger partial charge in [0, 0.05) is 43.9 Å². The van der Waals surface area contributed by atoms with E-state index in [1.807, 2.05) is 51.1 Å². The van der Waals surface area contributed by atoms with E-state index in [2.05, 4.69) is 11.1 Å². The van der Waals surface area contributed by atoms with Crippen molar-refractivity contribution in [3.05, 3.63) is 47.7 Å². The van der Waals surface area contributed by atoms with Gasteiger partial charge < -0.3 is 24.0 Å². The molecular weight excluding hydrogens is 598 g/mol. The van der Waals surface area contributed by atoms with Crippen LogP contribution in [0.15, 0.2) is 36.5 Å². The normalized spacial score (nSPS) is 20.8. The molecule has 0 bridgehead atoms. The van der Waals surface area contributed by atoms with E-state index in [4.69, 9.17) is 14.2 Å². The summed E-state index contributed by atoms with van der Waals surface area (Å²) < 4.78 is 17.3. The van der Waals surface area contributed by atoms with Crippen molar-refractivity contribution in [3.63, 3.8) is 0 Å². The number of hydrogen-bond acceptors (Lipinski definition) is 8. The summed E-state index contributed by atoms with van der Waals surface area (Å²) in [4.78, 5) is 48.8. The minimum atomic E-state index is -0.738. The van der Waals surface area contributed by atoms with Gasteiger partial charge in [0.2, 0.25) is 11.8 Å². The van der Waals surface area contributed by atoms with Gasteiger partial charge in [-0.2, -0.15) is 5.26 Å². The first-order chi connectivity index (χ1) is 22.3. The highest BCUT2D eigenvalue weighted by Crippen LogP contribution is 2.32. The van der Waals surface area contributed by atoms with Crippen LogP contribution in [-0.4, -0.2) is 87.3 Å². The fourth-order valence-electron chi connectivity index (χ4n) is 6.59. The Labute approximate surface area is 277 Å². The van der Waals surface area contributed by atoms with E-state index >= 15 is 0 Å². The van der Waals surface area contributed by atoms with Crippen molar-refractivity contribution < 1.29 is 28.6 Å². The van der Waals surface area contributed by atoms with Crippen molar-refractivity contribution in [2.24, 2.45) is 5.92 Å². The standard InChI is InChI=1S/C36H47N5O6/c1-23(2)45-34(43)39-16-13-25(14-17-39)24(3)46-32-12-11-28(21-38-32)26-9-10-27-19-31(33(42)40-15-7-8-30(40)20-37)41(22-29(27)18-26)35(44)47-36(4,5)6/h9-12,18,21,23-25,30-31H,7-8,13-17,19,22H2,1-6H3/t24?,30-,31-/m0/s1. The Balaban J connectivity index is 1.26. The summed E-state index contributed by atoms with van der Waals surface area (Å²) in [6.07, 6.45) is 4.24. The third-order valence-electron chi connectivity index (χ3n) is 9.11. The molecule has 5 rings (SSSR count). The van der Waals surface area contributed by atoms with Crippen LogP contribution in [0.5, 0.6) is 5.88 Å². The molecule has 2 saturated heterocycles. The summed E-state index contributed by atoms with van der Waals surface area (Å²) in [5.41, 5.74) is 3.05. The molecule has 47 heavy (non-hydrogen) atoms. The number of rotatable bonds is 6. The van der Waals surface area contributed by atoms with Crippen LogP contribution in [0.4, 0.5) is 9.59 Å². The topological polar surface area (TPSA) is 125 Å². The highest BCUT2D eigenvalue weighted by Gasteiger charge is 2.42. The maximum absolute atomic E-state index is 13.7. The van der Waals surface area contributed by atoms with Gasteiger partial charge in [-0.1, -0.05) is 12.1 Å². The van der Waals surface area contributed by atoms with Gasteiger partial charge >= 0.3 is 12.2 Å². The van der Waals surface area contributed by atoms with E-state index in [1.54, 1.807) is 36.8 Å². The largest absolute Gasteiger partial charge is 0.474 e. The zero-order chi connectivity index (χ0) is 33.9. The number of benzene rings is 1. The Kier molecular flexibility index (Phi) is 10.3. The van der Waals surface area contributed by atoms with E-state index in [1.165, 1.54) is 4.90 Å². The third-order valence-corrected chi connectivity index (χ3v) is 9.11. The molecule has 0 N–H and O–H groups in total. The summed E-state index contributed by atoms with van der Waals surface area (Å²) in [5, 5.41) is 9.60. The first kappa shape index (κ1) is 34.0. The molecule has 3 atom stereocenters. The van der Waals surface area contributed by atoms with E-state index in [0.29, 0.717) is 44.3 Å². The van der Waals surface area contributed by atoms with E-state index in [-0.39, 0.29) is 30.8 Å². The lowest BCUT2D eigenvalue weighted by atomic mass is 9.90. The zero-order valence-corrected chi connectivity index (χ0v) is 28.4. The molecule has 1 aromatic heterocycles. The Morgan fingerprint density at radius 2 is 1.66 bits per heavy atom. The van der Waals surface area contributed by atoms with Crippen LogP contribution >= 0.6 is 0 Å². The molecule has 3 aliphatic rings. The molecule has 1 unspecified atom stereocenters. The lowest BCUT2D eigenvalue weighted by Gasteiger charge is -2.39. The predicted molar refractivity (Wildman–Crippen MR) is 175 cm³/mol. The van der Waals surface area contributed by atoms with Gasteiger partial charge in [0.15, 0.2) is 0 Å². The molecule has 3 amide bonds. The van der Waals surface area contributed by atoms with Crippen LogP contribution in [0, 0.1) is 17.2 Å². The maximum atomic E-state index is 13.7. The van der Waals surface area contributed by atoms with Crippen molar-refractivity contribution in [3.8, 4) is 23.1 Å². The van der Waals surface area contributed by atoms with Crippen molar-refractivity contribution in [2.75, 3.05) is 19.6 Å². The summed E-state index contributed by atoms with van der Waals surface area (Å²) in [7, 11) is 0. The Morgan fingerprint density at radius 3 is 2.30 bits per heavy atom. The number of carbonyl (C=O) groups is 3. The average Bonchev–Trinajstić information content (AvgIpc) is 3.52. The number of likely N-dealkylation sites (tertiary alicyclic amines) is 2. The number of hydrogen-bond donors (Lipinski definition) is 0. The number of aromatic nitrogens is 1. The zero-order valence-electron chi connectivity index (χ0n) is 28.4. The number of nitriles is 1. The third kappa shape index (κ3) is 8.16. The second-order valence-electron chi connectivity index (χ2n) is 14.1. The SMILES string of the molecule is CC(C)OC(=O)N1CCC(C(C)Oc2ccc(-c3ccc4c(c3)CN(C(=O)OC(C)(C)C)[C@H](C(=O)N3CCC[C@H]3C#N)C4)cn2)CC1. The molecule has 0 saturated carbocycles. The van der Waals surface area contributed by atoms with Gasteiger partial charge in [-0.25, -0.2) is 14.6 Å². The summed E-state index contributed by atoms with van der Waals surface area (Å²) >= 11 is 0. The molecule has 1 aromatic carbocycles. The Hall–Kier alpha value is -4.33. The molecule has 2 fully saturated rings. The number of fused-ring (bicyclic) bond motifs is 1. The second-order valence-corrected chi connectivity index (χ2v) is 14.1. The minimum Gasteiger partial charge on any atom is -0.474 e. The van der Waals surface area contributed by atoms with Crippen LogP contribution in [-0.2, 0) is 27.2 Å². The van der Waals surface area contributed by atoms with E-state index in [0.717, 1.165) is 41.5 Å². The quantitative estimate of drug-likeness (QED) is 0.378.